The molecule has 0 saturated heterocycles. The zero-order valence-electron chi connectivity index (χ0n) is 11.3. The summed E-state index contributed by atoms with van der Waals surface area (Å²) in [5.41, 5.74) is 5.95. The molecule has 1 fully saturated rings. The fraction of sp³-hybridized carbons (Fsp3) is 0.538. The average molecular weight is 335 g/mol. The summed E-state index contributed by atoms with van der Waals surface area (Å²) in [7, 11) is -3.54. The van der Waals surface area contributed by atoms with Crippen molar-refractivity contribution in [3.8, 4) is 0 Å². The van der Waals surface area contributed by atoms with Crippen molar-refractivity contribution in [3.63, 3.8) is 0 Å². The summed E-state index contributed by atoms with van der Waals surface area (Å²) in [5.74, 6) is 0.997. The highest BCUT2D eigenvalue weighted by Gasteiger charge is 2.31. The van der Waals surface area contributed by atoms with Gasteiger partial charge < -0.3 is 5.73 Å². The summed E-state index contributed by atoms with van der Waals surface area (Å²) >= 11 is 7.64. The van der Waals surface area contributed by atoms with Crippen molar-refractivity contribution in [3.05, 3.63) is 23.2 Å². The Kier molecular flexibility index (Phi) is 5.23. The third kappa shape index (κ3) is 3.61. The van der Waals surface area contributed by atoms with Crippen LogP contribution in [-0.2, 0) is 10.0 Å². The molecule has 0 bridgehead atoms. The monoisotopic (exact) mass is 334 g/mol. The first kappa shape index (κ1) is 15.9. The fourth-order valence-corrected chi connectivity index (χ4v) is 5.18. The van der Waals surface area contributed by atoms with Crippen molar-refractivity contribution in [1.82, 2.24) is 4.72 Å². The van der Waals surface area contributed by atoms with Crippen LogP contribution in [0.15, 0.2) is 23.1 Å². The van der Waals surface area contributed by atoms with E-state index in [0.29, 0.717) is 10.3 Å². The predicted molar refractivity (Wildman–Crippen MR) is 85.7 cm³/mol. The van der Waals surface area contributed by atoms with Crippen LogP contribution in [0.1, 0.15) is 26.2 Å². The summed E-state index contributed by atoms with van der Waals surface area (Å²) in [6.45, 7) is 2.09. The van der Waals surface area contributed by atoms with Gasteiger partial charge in [-0.3, -0.25) is 0 Å². The molecule has 1 aromatic carbocycles. The van der Waals surface area contributed by atoms with Crippen LogP contribution in [0.2, 0.25) is 5.02 Å². The van der Waals surface area contributed by atoms with E-state index in [4.69, 9.17) is 17.3 Å². The highest BCUT2D eigenvalue weighted by molar-refractivity contribution is 8.00. The minimum absolute atomic E-state index is 0.00172. The Labute approximate surface area is 129 Å². The van der Waals surface area contributed by atoms with Crippen LogP contribution in [0.25, 0.3) is 0 Å². The van der Waals surface area contributed by atoms with E-state index < -0.39 is 10.0 Å². The average Bonchev–Trinajstić information content (AvgIpc) is 2.80. The number of hydrogen-bond donors (Lipinski definition) is 2. The highest BCUT2D eigenvalue weighted by atomic mass is 35.5. The number of anilines is 1. The smallest absolute Gasteiger partial charge is 0.240 e. The maximum Gasteiger partial charge on any atom is 0.240 e. The summed E-state index contributed by atoms with van der Waals surface area (Å²) in [6, 6.07) is 4.40. The number of sulfonamides is 1. The van der Waals surface area contributed by atoms with E-state index in [9.17, 15) is 8.42 Å². The Balaban J connectivity index is 2.16. The van der Waals surface area contributed by atoms with Gasteiger partial charge in [0.25, 0.3) is 0 Å². The minimum Gasteiger partial charge on any atom is -0.397 e. The molecule has 3 N–H and O–H groups in total. The van der Waals surface area contributed by atoms with Crippen LogP contribution >= 0.6 is 23.4 Å². The molecule has 0 radical (unpaired) electrons. The molecule has 0 spiro atoms. The molecule has 0 aromatic heterocycles. The molecule has 1 aliphatic carbocycles. The topological polar surface area (TPSA) is 72.2 Å². The van der Waals surface area contributed by atoms with Crippen molar-refractivity contribution >= 4 is 39.1 Å². The second-order valence-corrected chi connectivity index (χ2v) is 8.47. The van der Waals surface area contributed by atoms with Gasteiger partial charge in [0.1, 0.15) is 0 Å². The molecule has 0 heterocycles. The number of rotatable bonds is 5. The summed E-state index contributed by atoms with van der Waals surface area (Å²) in [6.07, 6.45) is 3.02. The van der Waals surface area contributed by atoms with Gasteiger partial charge in [-0.2, -0.15) is 11.8 Å². The maximum atomic E-state index is 12.4. The van der Waals surface area contributed by atoms with Crippen LogP contribution in [0, 0.1) is 0 Å². The SMILES string of the molecule is CCSC1CCCC1NS(=O)(=O)c1ccc(Cl)c(N)c1. The summed E-state index contributed by atoms with van der Waals surface area (Å²) in [4.78, 5) is 0.173. The van der Waals surface area contributed by atoms with Gasteiger partial charge in [0, 0.05) is 11.3 Å². The van der Waals surface area contributed by atoms with Crippen molar-refractivity contribution in [1.29, 1.82) is 0 Å². The lowest BCUT2D eigenvalue weighted by Gasteiger charge is -2.20. The molecule has 1 saturated carbocycles. The molecule has 112 valence electrons. The number of hydrogen-bond acceptors (Lipinski definition) is 4. The third-order valence-corrected chi connectivity index (χ3v) is 6.58. The van der Waals surface area contributed by atoms with E-state index in [0.717, 1.165) is 25.0 Å². The van der Waals surface area contributed by atoms with Crippen LogP contribution in [-0.4, -0.2) is 25.5 Å². The molecule has 1 aromatic rings. The second kappa shape index (κ2) is 6.56. The van der Waals surface area contributed by atoms with Crippen LogP contribution in [0.4, 0.5) is 5.69 Å². The Hall–Kier alpha value is -0.430. The number of thioether (sulfide) groups is 1. The molecular formula is C13H19ClN2O2S2. The molecule has 2 rings (SSSR count). The number of nitrogens with one attached hydrogen (secondary N) is 1. The van der Waals surface area contributed by atoms with Gasteiger partial charge in [0.05, 0.1) is 15.6 Å². The van der Waals surface area contributed by atoms with Gasteiger partial charge in [-0.05, 0) is 36.8 Å². The zero-order valence-corrected chi connectivity index (χ0v) is 13.7. The molecule has 7 heteroatoms. The maximum absolute atomic E-state index is 12.4. The highest BCUT2D eigenvalue weighted by Crippen LogP contribution is 2.31. The van der Waals surface area contributed by atoms with Crippen molar-refractivity contribution in [2.24, 2.45) is 0 Å². The van der Waals surface area contributed by atoms with Crippen molar-refractivity contribution in [2.75, 3.05) is 11.5 Å². The van der Waals surface area contributed by atoms with E-state index in [-0.39, 0.29) is 16.6 Å². The summed E-state index contributed by atoms with van der Waals surface area (Å²) in [5, 5.41) is 0.726. The van der Waals surface area contributed by atoms with E-state index in [1.807, 2.05) is 11.8 Å². The quantitative estimate of drug-likeness (QED) is 0.812. The lowest BCUT2D eigenvalue weighted by Crippen LogP contribution is -2.38. The molecular weight excluding hydrogens is 316 g/mol. The van der Waals surface area contributed by atoms with Gasteiger partial charge in [-0.15, -0.1) is 0 Å². The number of nitrogen functional groups attached to an aromatic ring is 1. The first-order chi connectivity index (χ1) is 9.44. The first-order valence-corrected chi connectivity index (χ1v) is 9.54. The number of benzene rings is 1. The van der Waals surface area contributed by atoms with Crippen molar-refractivity contribution in [2.45, 2.75) is 42.4 Å². The summed E-state index contributed by atoms with van der Waals surface area (Å²) < 4.78 is 27.6. The van der Waals surface area contributed by atoms with E-state index in [1.54, 1.807) is 0 Å². The molecule has 1 aliphatic rings. The Morgan fingerprint density at radius 1 is 1.45 bits per heavy atom. The van der Waals surface area contributed by atoms with Gasteiger partial charge >= 0.3 is 0 Å². The molecule has 2 atom stereocenters. The fourth-order valence-electron chi connectivity index (χ4n) is 2.43. The molecule has 2 unspecified atom stereocenters. The Bertz CT molecular complexity index is 578. The Morgan fingerprint density at radius 3 is 2.85 bits per heavy atom. The Morgan fingerprint density at radius 2 is 2.20 bits per heavy atom. The number of nitrogens with two attached hydrogens (primary N) is 1. The van der Waals surface area contributed by atoms with Crippen LogP contribution in [0.3, 0.4) is 0 Å². The van der Waals surface area contributed by atoms with Gasteiger partial charge in [0.2, 0.25) is 10.0 Å². The molecule has 0 aliphatic heterocycles. The second-order valence-electron chi connectivity index (χ2n) is 4.84. The molecule has 0 amide bonds. The minimum atomic E-state index is -3.54. The number of halogens is 1. The van der Waals surface area contributed by atoms with E-state index in [2.05, 4.69) is 11.6 Å². The van der Waals surface area contributed by atoms with Gasteiger partial charge in [0.15, 0.2) is 0 Å². The third-order valence-electron chi connectivity index (χ3n) is 3.42. The van der Waals surface area contributed by atoms with Crippen molar-refractivity contribution < 1.29 is 8.42 Å². The van der Waals surface area contributed by atoms with E-state index >= 15 is 0 Å². The molecule has 4 nitrogen and oxygen atoms in total. The van der Waals surface area contributed by atoms with Gasteiger partial charge in [-0.25, -0.2) is 13.1 Å². The standard InChI is InChI=1S/C13H19ClN2O2S2/c1-2-19-13-5-3-4-12(13)16-20(17,18)9-6-7-10(14)11(15)8-9/h6-8,12-13,16H,2-5,15H2,1H3. The van der Waals surface area contributed by atoms with Crippen LogP contribution in [0.5, 0.6) is 0 Å². The molecule has 20 heavy (non-hydrogen) atoms. The predicted octanol–water partition coefficient (Wildman–Crippen LogP) is 2.87. The van der Waals surface area contributed by atoms with Gasteiger partial charge in [-0.1, -0.05) is 24.9 Å². The van der Waals surface area contributed by atoms with Crippen LogP contribution < -0.4 is 10.5 Å². The van der Waals surface area contributed by atoms with E-state index in [1.165, 1.54) is 18.2 Å². The lowest BCUT2D eigenvalue weighted by molar-refractivity contribution is 0.555. The zero-order chi connectivity index (χ0) is 14.8. The first-order valence-electron chi connectivity index (χ1n) is 6.63. The largest absolute Gasteiger partial charge is 0.397 e. The normalized spacial score (nSPS) is 23.1. The lowest BCUT2D eigenvalue weighted by atomic mass is 10.3.